The van der Waals surface area contributed by atoms with E-state index < -0.39 is 5.97 Å². The average Bonchev–Trinajstić information content (AvgIpc) is 2.76. The molecule has 0 aliphatic carbocycles. The Hall–Kier alpha value is -2.30. The van der Waals surface area contributed by atoms with Crippen LogP contribution in [-0.4, -0.2) is 28.2 Å². The van der Waals surface area contributed by atoms with Crippen molar-refractivity contribution in [3.63, 3.8) is 0 Å². The third kappa shape index (κ3) is 3.07. The summed E-state index contributed by atoms with van der Waals surface area (Å²) in [6.45, 7) is 6.86. The fourth-order valence-corrected chi connectivity index (χ4v) is 2.34. The third-order valence-corrected chi connectivity index (χ3v) is 3.18. The molecular formula is C16H19NO4. The van der Waals surface area contributed by atoms with Gasteiger partial charge in [-0.15, -0.1) is 0 Å². The van der Waals surface area contributed by atoms with Crippen LogP contribution in [0.4, 0.5) is 0 Å². The summed E-state index contributed by atoms with van der Waals surface area (Å²) in [5, 5.41) is 9.80. The third-order valence-electron chi connectivity index (χ3n) is 3.18. The van der Waals surface area contributed by atoms with Gasteiger partial charge >= 0.3 is 11.9 Å². The molecule has 0 saturated carbocycles. The topological polar surface area (TPSA) is 68.5 Å². The molecule has 1 aromatic heterocycles. The predicted molar refractivity (Wildman–Crippen MR) is 79.7 cm³/mol. The van der Waals surface area contributed by atoms with Crippen molar-refractivity contribution in [2.75, 3.05) is 6.61 Å². The van der Waals surface area contributed by atoms with E-state index in [9.17, 15) is 9.59 Å². The molecule has 0 bridgehead atoms. The number of benzene rings is 1. The van der Waals surface area contributed by atoms with Gasteiger partial charge in [0.2, 0.25) is 0 Å². The van der Waals surface area contributed by atoms with Crippen LogP contribution < -0.4 is 0 Å². The smallest absolute Gasteiger partial charge is 0.354 e. The normalized spacial score (nSPS) is 11.0. The first kappa shape index (κ1) is 15.1. The Morgan fingerprint density at radius 2 is 2.00 bits per heavy atom. The second kappa shape index (κ2) is 5.99. The molecule has 1 aromatic carbocycles. The highest BCUT2D eigenvalue weighted by atomic mass is 16.5. The standard InChI is InChI=1S/C16H19NO4/c1-4-21-16(20)14-8-12-7-11(15(18)19)5-6-13(12)17(14)9-10(2)3/h5-8,10H,4,9H2,1-3H3,(H,18,19). The Morgan fingerprint density at radius 1 is 1.29 bits per heavy atom. The van der Waals surface area contributed by atoms with E-state index in [1.54, 1.807) is 31.2 Å². The Balaban J connectivity index is 2.59. The molecule has 0 fully saturated rings. The molecule has 0 aliphatic heterocycles. The fraction of sp³-hybridized carbons (Fsp3) is 0.375. The van der Waals surface area contributed by atoms with Gasteiger partial charge in [-0.2, -0.15) is 0 Å². The Kier molecular flexibility index (Phi) is 4.31. The van der Waals surface area contributed by atoms with Crippen molar-refractivity contribution in [3.8, 4) is 0 Å². The van der Waals surface area contributed by atoms with Gasteiger partial charge in [-0.05, 0) is 37.1 Å². The van der Waals surface area contributed by atoms with Crippen LogP contribution in [0.15, 0.2) is 24.3 Å². The number of aromatic carboxylic acids is 1. The molecular weight excluding hydrogens is 270 g/mol. The fourth-order valence-electron chi connectivity index (χ4n) is 2.34. The van der Waals surface area contributed by atoms with Crippen LogP contribution in [0.5, 0.6) is 0 Å². The Morgan fingerprint density at radius 3 is 2.57 bits per heavy atom. The second-order valence-corrected chi connectivity index (χ2v) is 5.33. The van der Waals surface area contributed by atoms with Crippen LogP contribution in [0.2, 0.25) is 0 Å². The van der Waals surface area contributed by atoms with Gasteiger partial charge in [-0.3, -0.25) is 0 Å². The lowest BCUT2D eigenvalue weighted by molar-refractivity contribution is 0.0513. The molecule has 2 rings (SSSR count). The van der Waals surface area contributed by atoms with Crippen LogP contribution >= 0.6 is 0 Å². The lowest BCUT2D eigenvalue weighted by Gasteiger charge is -2.12. The zero-order chi connectivity index (χ0) is 15.6. The molecule has 0 unspecified atom stereocenters. The van der Waals surface area contributed by atoms with Crippen LogP contribution in [0.3, 0.4) is 0 Å². The lowest BCUT2D eigenvalue weighted by Crippen LogP contribution is -2.14. The zero-order valence-corrected chi connectivity index (χ0v) is 12.4. The van der Waals surface area contributed by atoms with Gasteiger partial charge in [-0.1, -0.05) is 13.8 Å². The number of nitrogens with zero attached hydrogens (tertiary/aromatic N) is 1. The van der Waals surface area contributed by atoms with E-state index in [4.69, 9.17) is 9.84 Å². The molecule has 0 atom stereocenters. The summed E-state index contributed by atoms with van der Waals surface area (Å²) in [6.07, 6.45) is 0. The summed E-state index contributed by atoms with van der Waals surface area (Å²) < 4.78 is 6.97. The molecule has 21 heavy (non-hydrogen) atoms. The number of aromatic nitrogens is 1. The lowest BCUT2D eigenvalue weighted by atomic mass is 10.1. The first-order chi connectivity index (χ1) is 9.93. The van der Waals surface area contributed by atoms with Crippen molar-refractivity contribution in [1.82, 2.24) is 4.57 Å². The quantitative estimate of drug-likeness (QED) is 0.858. The molecule has 0 amide bonds. The SMILES string of the molecule is CCOC(=O)c1cc2cc(C(=O)O)ccc2n1CC(C)C. The molecule has 1 N–H and O–H groups in total. The number of esters is 1. The first-order valence-corrected chi connectivity index (χ1v) is 6.97. The van der Waals surface area contributed by atoms with Crippen LogP contribution in [0, 0.1) is 5.92 Å². The van der Waals surface area contributed by atoms with E-state index in [-0.39, 0.29) is 11.5 Å². The number of carbonyl (C=O) groups excluding carboxylic acids is 1. The summed E-state index contributed by atoms with van der Waals surface area (Å²) in [6, 6.07) is 6.57. The maximum absolute atomic E-state index is 12.1. The number of carboxylic acids is 1. The minimum atomic E-state index is -0.980. The van der Waals surface area contributed by atoms with Crippen molar-refractivity contribution in [3.05, 3.63) is 35.5 Å². The van der Waals surface area contributed by atoms with Crippen LogP contribution in [-0.2, 0) is 11.3 Å². The molecule has 5 nitrogen and oxygen atoms in total. The molecule has 5 heteroatoms. The number of hydrogen-bond acceptors (Lipinski definition) is 3. The van der Waals surface area contributed by atoms with Gasteiger partial charge in [0.25, 0.3) is 0 Å². The van der Waals surface area contributed by atoms with Crippen molar-refractivity contribution in [2.45, 2.75) is 27.3 Å². The summed E-state index contributed by atoms with van der Waals surface area (Å²) in [4.78, 5) is 23.1. The highest BCUT2D eigenvalue weighted by Gasteiger charge is 2.18. The summed E-state index contributed by atoms with van der Waals surface area (Å²) in [5.74, 6) is -1.01. The van der Waals surface area contributed by atoms with Crippen LogP contribution in [0.25, 0.3) is 10.9 Å². The predicted octanol–water partition coefficient (Wildman–Crippen LogP) is 3.17. The largest absolute Gasteiger partial charge is 0.478 e. The Bertz CT molecular complexity index is 685. The number of rotatable bonds is 5. The maximum Gasteiger partial charge on any atom is 0.354 e. The highest BCUT2D eigenvalue weighted by Crippen LogP contribution is 2.23. The molecule has 1 heterocycles. The van der Waals surface area contributed by atoms with E-state index in [1.165, 1.54) is 0 Å². The molecule has 2 aromatic rings. The summed E-state index contributed by atoms with van der Waals surface area (Å²) in [7, 11) is 0. The number of carboxylic acid groups (broad SMARTS) is 1. The van der Waals surface area contributed by atoms with Gasteiger partial charge in [0.1, 0.15) is 5.69 Å². The number of fused-ring (bicyclic) bond motifs is 1. The van der Waals surface area contributed by atoms with Crippen molar-refractivity contribution < 1.29 is 19.4 Å². The van der Waals surface area contributed by atoms with Crippen LogP contribution in [0.1, 0.15) is 41.6 Å². The summed E-state index contributed by atoms with van der Waals surface area (Å²) in [5.41, 5.74) is 1.51. The van der Waals surface area contributed by atoms with Gasteiger partial charge < -0.3 is 14.4 Å². The van der Waals surface area contributed by atoms with E-state index in [0.717, 1.165) is 10.9 Å². The van der Waals surface area contributed by atoms with E-state index in [1.807, 2.05) is 4.57 Å². The minimum absolute atomic E-state index is 0.208. The average molecular weight is 289 g/mol. The van der Waals surface area contributed by atoms with Crippen molar-refractivity contribution in [2.24, 2.45) is 5.92 Å². The molecule has 0 spiro atoms. The van der Waals surface area contributed by atoms with E-state index >= 15 is 0 Å². The van der Waals surface area contributed by atoms with E-state index in [2.05, 4.69) is 13.8 Å². The van der Waals surface area contributed by atoms with Crippen molar-refractivity contribution in [1.29, 1.82) is 0 Å². The summed E-state index contributed by atoms with van der Waals surface area (Å²) >= 11 is 0. The van der Waals surface area contributed by atoms with Gasteiger partial charge in [0.15, 0.2) is 0 Å². The van der Waals surface area contributed by atoms with Crippen molar-refractivity contribution >= 4 is 22.8 Å². The minimum Gasteiger partial charge on any atom is -0.478 e. The molecule has 112 valence electrons. The number of hydrogen-bond donors (Lipinski definition) is 1. The first-order valence-electron chi connectivity index (χ1n) is 6.97. The number of ether oxygens (including phenoxy) is 1. The Labute approximate surface area is 123 Å². The van der Waals surface area contributed by atoms with Gasteiger partial charge in [0.05, 0.1) is 12.2 Å². The number of carbonyl (C=O) groups is 2. The molecule has 0 aliphatic rings. The zero-order valence-electron chi connectivity index (χ0n) is 12.4. The van der Waals surface area contributed by atoms with Gasteiger partial charge in [0, 0.05) is 17.4 Å². The second-order valence-electron chi connectivity index (χ2n) is 5.33. The maximum atomic E-state index is 12.1. The monoisotopic (exact) mass is 289 g/mol. The molecule has 0 saturated heterocycles. The highest BCUT2D eigenvalue weighted by molar-refractivity contribution is 5.98. The molecule has 0 radical (unpaired) electrons. The van der Waals surface area contributed by atoms with E-state index in [0.29, 0.717) is 24.8 Å². The van der Waals surface area contributed by atoms with Gasteiger partial charge in [-0.25, -0.2) is 9.59 Å².